The first-order valence-corrected chi connectivity index (χ1v) is 11.7. The van der Waals surface area contributed by atoms with Gasteiger partial charge in [0.2, 0.25) is 0 Å². The highest BCUT2D eigenvalue weighted by Gasteiger charge is 2.15. The van der Waals surface area contributed by atoms with Crippen molar-refractivity contribution in [1.29, 1.82) is 0 Å². The molecule has 0 saturated heterocycles. The van der Waals surface area contributed by atoms with Crippen LogP contribution in [0.3, 0.4) is 0 Å². The zero-order valence-electron chi connectivity index (χ0n) is 14.2. The van der Waals surface area contributed by atoms with Crippen LogP contribution in [-0.2, 0) is 4.79 Å². The Morgan fingerprint density at radius 2 is 1.05 bits per heavy atom. The molecule has 0 radical (unpaired) electrons. The van der Waals surface area contributed by atoms with Gasteiger partial charge in [-0.15, -0.1) is 0 Å². The van der Waals surface area contributed by atoms with Crippen LogP contribution in [0, 0.1) is 0 Å². The highest BCUT2D eigenvalue weighted by atomic mass is 27.2. The molecule has 0 aliphatic heterocycles. The highest BCUT2D eigenvalue weighted by molar-refractivity contribution is 6.61. The fourth-order valence-corrected chi connectivity index (χ4v) is 5.71. The molecule has 20 heavy (non-hydrogen) atoms. The number of carbonyl (C=O) groups excluding carboxylic acids is 1. The molecule has 0 aromatic carbocycles. The summed E-state index contributed by atoms with van der Waals surface area (Å²) in [5.74, 6) is 0. The van der Waals surface area contributed by atoms with Crippen LogP contribution in [-0.4, -0.2) is 20.4 Å². The van der Waals surface area contributed by atoms with Crippen molar-refractivity contribution in [2.75, 3.05) is 0 Å². The third-order valence-corrected chi connectivity index (χ3v) is 7.67. The lowest BCUT2D eigenvalue weighted by molar-refractivity contribution is -0.106. The second-order valence-electron chi connectivity index (χ2n) is 6.38. The van der Waals surface area contributed by atoms with Gasteiger partial charge in [-0.1, -0.05) is 101 Å². The zero-order valence-corrected chi connectivity index (χ0v) is 15.3. The molecule has 0 N–H and O–H groups in total. The van der Waals surface area contributed by atoms with Gasteiger partial charge in [-0.3, -0.25) is 0 Å². The van der Waals surface area contributed by atoms with Gasteiger partial charge in [-0.2, -0.15) is 0 Å². The quantitative estimate of drug-likeness (QED) is 0.183. The Kier molecular flexibility index (Phi) is 17.4. The van der Waals surface area contributed by atoms with E-state index in [0.29, 0.717) is 0 Å². The molecule has 1 nitrogen and oxygen atoms in total. The summed E-state index contributed by atoms with van der Waals surface area (Å²) in [5.41, 5.74) is 0. The summed E-state index contributed by atoms with van der Waals surface area (Å²) in [6.45, 7) is 4.54. The molecule has 0 aliphatic carbocycles. The first kappa shape index (κ1) is 20.2. The van der Waals surface area contributed by atoms with E-state index in [1.54, 1.807) is 0 Å². The SMILES string of the molecule is CCCCCCC[CH2][Al]([CH2]C=O)[CH2]CCCCCCC. The van der Waals surface area contributed by atoms with Crippen molar-refractivity contribution in [2.24, 2.45) is 0 Å². The second kappa shape index (κ2) is 17.3. The lowest BCUT2D eigenvalue weighted by Crippen LogP contribution is -2.12. The summed E-state index contributed by atoms with van der Waals surface area (Å²) in [6, 6.07) is 0. The highest BCUT2D eigenvalue weighted by Crippen LogP contribution is 2.16. The summed E-state index contributed by atoms with van der Waals surface area (Å²) >= 11 is -0.719. The Morgan fingerprint density at radius 1 is 0.650 bits per heavy atom. The van der Waals surface area contributed by atoms with Crippen molar-refractivity contribution in [2.45, 2.75) is 107 Å². The fourth-order valence-electron chi connectivity index (χ4n) is 2.94. The molecule has 0 aliphatic rings. The van der Waals surface area contributed by atoms with Crippen molar-refractivity contribution < 1.29 is 4.79 Å². The Morgan fingerprint density at radius 3 is 1.45 bits per heavy atom. The predicted molar refractivity (Wildman–Crippen MR) is 93.0 cm³/mol. The van der Waals surface area contributed by atoms with Crippen LogP contribution in [0.25, 0.3) is 0 Å². The molecule has 0 amide bonds. The normalized spacial score (nSPS) is 10.7. The molecule has 0 aromatic rings. The number of unbranched alkanes of at least 4 members (excludes halogenated alkanes) is 10. The minimum absolute atomic E-state index is 0.719. The maximum Gasteiger partial charge on any atom is 0.271 e. The minimum Gasteiger partial charge on any atom is -0.305 e. The molecule has 0 bridgehead atoms. The molecule has 118 valence electrons. The minimum atomic E-state index is -0.719. The van der Waals surface area contributed by atoms with Gasteiger partial charge in [-0.25, -0.2) is 0 Å². The van der Waals surface area contributed by atoms with Gasteiger partial charge in [0, 0.05) is 0 Å². The topological polar surface area (TPSA) is 17.1 Å². The molecule has 0 fully saturated rings. The molecular weight excluding hydrogens is 259 g/mol. The molecule has 0 heterocycles. The third kappa shape index (κ3) is 14.6. The van der Waals surface area contributed by atoms with Crippen molar-refractivity contribution in [3.8, 4) is 0 Å². The van der Waals surface area contributed by atoms with Crippen molar-refractivity contribution >= 4 is 20.4 Å². The maximum absolute atomic E-state index is 10.8. The molecule has 2 heteroatoms. The predicted octanol–water partition coefficient (Wildman–Crippen LogP) is 6.40. The molecule has 0 aromatic heterocycles. The number of rotatable bonds is 16. The van der Waals surface area contributed by atoms with Crippen LogP contribution in [0.5, 0.6) is 0 Å². The Bertz CT molecular complexity index is 178. The Labute approximate surface area is 132 Å². The Hall–Kier alpha value is 0.202. The van der Waals surface area contributed by atoms with Gasteiger partial charge in [0.15, 0.2) is 0 Å². The lowest BCUT2D eigenvalue weighted by Gasteiger charge is -2.09. The maximum atomic E-state index is 10.8. The number of aldehydes is 1. The summed E-state index contributed by atoms with van der Waals surface area (Å²) < 4.78 is 0. The van der Waals surface area contributed by atoms with Gasteiger partial charge in [-0.05, 0) is 5.28 Å². The first-order valence-electron chi connectivity index (χ1n) is 9.28. The van der Waals surface area contributed by atoms with E-state index in [1.165, 1.54) is 93.9 Å². The van der Waals surface area contributed by atoms with Crippen molar-refractivity contribution in [3.63, 3.8) is 0 Å². The van der Waals surface area contributed by atoms with Crippen LogP contribution in [0.2, 0.25) is 15.8 Å². The van der Waals surface area contributed by atoms with Crippen LogP contribution in [0.4, 0.5) is 0 Å². The summed E-state index contributed by atoms with van der Waals surface area (Å²) in [6.07, 6.45) is 17.9. The summed E-state index contributed by atoms with van der Waals surface area (Å²) in [5, 5.41) is 3.77. The second-order valence-corrected chi connectivity index (χ2v) is 9.74. The van der Waals surface area contributed by atoms with Crippen LogP contribution >= 0.6 is 0 Å². The molecule has 0 atom stereocenters. The van der Waals surface area contributed by atoms with Crippen LogP contribution in [0.1, 0.15) is 90.9 Å². The third-order valence-electron chi connectivity index (χ3n) is 4.36. The first-order chi connectivity index (χ1) is 9.85. The number of hydrogen-bond acceptors (Lipinski definition) is 1. The molecule has 0 saturated carbocycles. The largest absolute Gasteiger partial charge is 0.305 e. The number of carbonyl (C=O) groups is 1. The molecule has 0 rings (SSSR count). The fraction of sp³-hybridized carbons (Fsp3) is 0.944. The average molecular weight is 296 g/mol. The van der Waals surface area contributed by atoms with Crippen molar-refractivity contribution in [1.82, 2.24) is 0 Å². The monoisotopic (exact) mass is 296 g/mol. The van der Waals surface area contributed by atoms with E-state index in [4.69, 9.17) is 0 Å². The van der Waals surface area contributed by atoms with E-state index < -0.39 is 14.1 Å². The van der Waals surface area contributed by atoms with E-state index in [2.05, 4.69) is 13.8 Å². The van der Waals surface area contributed by atoms with Gasteiger partial charge < -0.3 is 4.79 Å². The van der Waals surface area contributed by atoms with E-state index in [9.17, 15) is 4.79 Å². The lowest BCUT2D eigenvalue weighted by atomic mass is 10.1. The summed E-state index contributed by atoms with van der Waals surface area (Å²) in [4.78, 5) is 10.8. The van der Waals surface area contributed by atoms with E-state index in [-0.39, 0.29) is 0 Å². The van der Waals surface area contributed by atoms with Gasteiger partial charge >= 0.3 is 0 Å². The van der Waals surface area contributed by atoms with E-state index in [1.807, 2.05) is 0 Å². The summed E-state index contributed by atoms with van der Waals surface area (Å²) in [7, 11) is 0. The zero-order chi connectivity index (χ0) is 14.9. The average Bonchev–Trinajstić information content (AvgIpc) is 2.46. The molecular formula is C18H37AlO. The molecule has 0 spiro atoms. The smallest absolute Gasteiger partial charge is 0.271 e. The van der Waals surface area contributed by atoms with E-state index >= 15 is 0 Å². The van der Waals surface area contributed by atoms with Crippen LogP contribution < -0.4 is 0 Å². The number of hydrogen-bond donors (Lipinski definition) is 0. The van der Waals surface area contributed by atoms with Crippen molar-refractivity contribution in [3.05, 3.63) is 0 Å². The Balaban J connectivity index is 3.47. The van der Waals surface area contributed by atoms with Gasteiger partial charge in [0.05, 0.1) is 0 Å². The van der Waals surface area contributed by atoms with Crippen LogP contribution in [0.15, 0.2) is 0 Å². The van der Waals surface area contributed by atoms with Gasteiger partial charge in [0.25, 0.3) is 14.1 Å². The van der Waals surface area contributed by atoms with E-state index in [0.717, 1.165) is 5.28 Å². The standard InChI is InChI=1S/2C8H17.C2H3O.Al/c2*1-3-5-7-8-6-4-2;1-2-3;/h2*1,3-8H2,2H3;2H,1H2;. The van der Waals surface area contributed by atoms with Gasteiger partial charge in [0.1, 0.15) is 6.29 Å². The molecule has 0 unspecified atom stereocenters.